The Hall–Kier alpha value is -3.66. The van der Waals surface area contributed by atoms with Gasteiger partial charge in [-0.2, -0.15) is 5.10 Å². The maximum absolute atomic E-state index is 14.3. The van der Waals surface area contributed by atoms with E-state index in [-0.39, 0.29) is 34.9 Å². The Morgan fingerprint density at radius 3 is 3.00 bits per heavy atom. The minimum Gasteiger partial charge on any atom is -0.303 e. The minimum atomic E-state index is -0.549. The van der Waals surface area contributed by atoms with Gasteiger partial charge in [0.25, 0.3) is 0 Å². The Kier molecular flexibility index (Phi) is 4.47. The first-order chi connectivity index (χ1) is 14.6. The third kappa shape index (κ3) is 3.30. The van der Waals surface area contributed by atoms with Crippen molar-refractivity contribution in [1.29, 1.82) is 0 Å². The number of carbonyl (C=O) groups is 1. The van der Waals surface area contributed by atoms with E-state index < -0.39 is 5.82 Å². The molecule has 5 rings (SSSR count). The lowest BCUT2D eigenvalue weighted by atomic mass is 10.1. The molecule has 11 heteroatoms. The molecule has 0 saturated carbocycles. The van der Waals surface area contributed by atoms with Crippen LogP contribution < -0.4 is 0 Å². The van der Waals surface area contributed by atoms with Crippen molar-refractivity contribution in [1.82, 2.24) is 39.0 Å². The van der Waals surface area contributed by atoms with Gasteiger partial charge in [0, 0.05) is 18.8 Å². The molecule has 5 heterocycles. The van der Waals surface area contributed by atoms with Crippen LogP contribution in [0.4, 0.5) is 4.39 Å². The third-order valence-corrected chi connectivity index (χ3v) is 4.98. The number of imidazole rings is 2. The molecule has 0 aromatic carbocycles. The van der Waals surface area contributed by atoms with Gasteiger partial charge in [0.1, 0.15) is 11.2 Å². The second-order valence-corrected chi connectivity index (χ2v) is 7.12. The average Bonchev–Trinajstić information content (AvgIpc) is 3.47. The predicted molar refractivity (Wildman–Crippen MR) is 105 cm³/mol. The number of fused-ring (bicyclic) bond motifs is 2. The first kappa shape index (κ1) is 18.4. The highest BCUT2D eigenvalue weighted by Gasteiger charge is 2.16. The Bertz CT molecular complexity index is 1350. The number of hydrogen-bond acceptors (Lipinski definition) is 6. The number of halogens is 2. The minimum absolute atomic E-state index is 0.0145. The molecule has 5 aromatic heterocycles. The van der Waals surface area contributed by atoms with Crippen LogP contribution in [0.5, 0.6) is 0 Å². The lowest BCUT2D eigenvalue weighted by Crippen LogP contribution is -2.03. The van der Waals surface area contributed by atoms with Gasteiger partial charge in [0.2, 0.25) is 0 Å². The summed E-state index contributed by atoms with van der Waals surface area (Å²) in [5, 5.41) is 12.1. The Morgan fingerprint density at radius 1 is 1.23 bits per heavy atom. The number of rotatable bonds is 6. The fraction of sp³-hybridized carbons (Fsp3) is 0.158. The molecule has 0 radical (unpaired) electrons. The Labute approximate surface area is 173 Å². The molecule has 0 aliphatic rings. The van der Waals surface area contributed by atoms with Gasteiger partial charge in [0.15, 0.2) is 17.2 Å². The molecule has 0 atom stereocenters. The summed E-state index contributed by atoms with van der Waals surface area (Å²) in [5.41, 5.74) is 2.45. The van der Waals surface area contributed by atoms with Crippen molar-refractivity contribution in [2.45, 2.75) is 19.4 Å². The van der Waals surface area contributed by atoms with Gasteiger partial charge in [-0.05, 0) is 24.6 Å². The van der Waals surface area contributed by atoms with Crippen LogP contribution in [-0.2, 0) is 13.0 Å². The van der Waals surface area contributed by atoms with Gasteiger partial charge >= 0.3 is 0 Å². The third-order valence-electron chi connectivity index (χ3n) is 4.69. The van der Waals surface area contributed by atoms with E-state index in [1.165, 1.54) is 12.4 Å². The number of hydrogen-bond donors (Lipinski definition) is 0. The SMILES string of the molecule is O=C(CCc1ncn2ccc(Cl)c(F)c12)c1cn(Cc2cn3ncccc3n2)nn1. The van der Waals surface area contributed by atoms with E-state index in [0.717, 1.165) is 11.3 Å². The Morgan fingerprint density at radius 2 is 2.13 bits per heavy atom. The molecular weight excluding hydrogens is 411 g/mol. The molecule has 0 N–H and O–H groups in total. The molecule has 0 aliphatic heterocycles. The summed E-state index contributed by atoms with van der Waals surface area (Å²) in [5.74, 6) is -0.756. The van der Waals surface area contributed by atoms with E-state index >= 15 is 0 Å². The summed E-state index contributed by atoms with van der Waals surface area (Å²) >= 11 is 5.86. The molecule has 30 heavy (non-hydrogen) atoms. The van der Waals surface area contributed by atoms with E-state index in [2.05, 4.69) is 25.4 Å². The summed E-state index contributed by atoms with van der Waals surface area (Å²) in [7, 11) is 0. The van der Waals surface area contributed by atoms with Crippen LogP contribution >= 0.6 is 11.6 Å². The number of pyridine rings is 1. The smallest absolute Gasteiger partial charge is 0.185 e. The zero-order valence-electron chi connectivity index (χ0n) is 15.5. The topological polar surface area (TPSA) is 95.3 Å². The first-order valence-corrected chi connectivity index (χ1v) is 9.48. The Balaban J connectivity index is 1.28. The average molecular weight is 425 g/mol. The first-order valence-electron chi connectivity index (χ1n) is 9.10. The zero-order chi connectivity index (χ0) is 20.7. The molecule has 0 unspecified atom stereocenters. The zero-order valence-corrected chi connectivity index (χ0v) is 16.2. The van der Waals surface area contributed by atoms with Crippen LogP contribution in [0.1, 0.15) is 28.3 Å². The summed E-state index contributed by atoms with van der Waals surface area (Å²) < 4.78 is 19.1. The normalized spacial score (nSPS) is 11.5. The van der Waals surface area contributed by atoms with E-state index in [1.807, 2.05) is 12.1 Å². The van der Waals surface area contributed by atoms with Gasteiger partial charge in [-0.1, -0.05) is 16.8 Å². The lowest BCUT2D eigenvalue weighted by Gasteiger charge is -2.01. The molecule has 0 bridgehead atoms. The molecule has 9 nitrogen and oxygen atoms in total. The van der Waals surface area contributed by atoms with Crippen LogP contribution in [0, 0.1) is 5.82 Å². The molecule has 0 saturated heterocycles. The highest BCUT2D eigenvalue weighted by molar-refractivity contribution is 6.31. The van der Waals surface area contributed by atoms with Crippen molar-refractivity contribution in [3.8, 4) is 0 Å². The highest BCUT2D eigenvalue weighted by atomic mass is 35.5. The standard InChI is InChI=1S/C19H14ClFN8O/c20-13-5-7-27-11-22-14(19(27)18(13)21)3-4-16(30)15-10-28(26-25-15)8-12-9-29-17(24-12)2-1-6-23-29/h1-2,5-7,9-11H,3-4,8H2. The number of nitrogens with zero attached hydrogens (tertiary/aromatic N) is 8. The molecule has 5 aromatic rings. The number of aromatic nitrogens is 8. The molecule has 150 valence electrons. The molecule has 0 aliphatic carbocycles. The fourth-order valence-electron chi connectivity index (χ4n) is 3.25. The number of ketones is 1. The monoisotopic (exact) mass is 424 g/mol. The number of carbonyl (C=O) groups excluding carboxylic acids is 1. The van der Waals surface area contributed by atoms with Gasteiger partial charge in [-0.25, -0.2) is 23.6 Å². The van der Waals surface area contributed by atoms with Crippen LogP contribution in [0.2, 0.25) is 5.02 Å². The van der Waals surface area contributed by atoms with Crippen LogP contribution in [0.15, 0.2) is 49.3 Å². The number of aryl methyl sites for hydroxylation is 1. The van der Waals surface area contributed by atoms with Gasteiger partial charge in [-0.3, -0.25) is 4.79 Å². The molecule has 0 fully saturated rings. The van der Waals surface area contributed by atoms with Crippen molar-refractivity contribution in [2.24, 2.45) is 0 Å². The van der Waals surface area contributed by atoms with Crippen molar-refractivity contribution < 1.29 is 9.18 Å². The maximum Gasteiger partial charge on any atom is 0.185 e. The van der Waals surface area contributed by atoms with Crippen molar-refractivity contribution in [2.75, 3.05) is 0 Å². The second-order valence-electron chi connectivity index (χ2n) is 6.71. The van der Waals surface area contributed by atoms with E-state index in [4.69, 9.17) is 11.6 Å². The summed E-state index contributed by atoms with van der Waals surface area (Å²) in [6.45, 7) is 0.360. The largest absolute Gasteiger partial charge is 0.303 e. The lowest BCUT2D eigenvalue weighted by molar-refractivity contribution is 0.0977. The van der Waals surface area contributed by atoms with Crippen LogP contribution in [0.3, 0.4) is 0 Å². The van der Waals surface area contributed by atoms with E-state index in [0.29, 0.717) is 12.2 Å². The summed E-state index contributed by atoms with van der Waals surface area (Å²) in [6.07, 6.45) is 8.54. The molecular formula is C19H14ClFN8O. The van der Waals surface area contributed by atoms with Crippen LogP contribution in [0.25, 0.3) is 11.2 Å². The maximum atomic E-state index is 14.3. The van der Waals surface area contributed by atoms with Crippen LogP contribution in [-0.4, -0.2) is 44.8 Å². The highest BCUT2D eigenvalue weighted by Crippen LogP contribution is 2.22. The van der Waals surface area contributed by atoms with Gasteiger partial charge in [0.05, 0.1) is 41.7 Å². The van der Waals surface area contributed by atoms with Gasteiger partial charge in [-0.15, -0.1) is 5.10 Å². The van der Waals surface area contributed by atoms with Crippen molar-refractivity contribution >= 4 is 28.5 Å². The summed E-state index contributed by atoms with van der Waals surface area (Å²) in [6, 6.07) is 5.11. The molecule has 0 amide bonds. The second kappa shape index (κ2) is 7.30. The van der Waals surface area contributed by atoms with E-state index in [1.54, 1.807) is 38.4 Å². The number of Topliss-reactive ketones (excluding diaryl/α,β-unsaturated/α-hetero) is 1. The predicted octanol–water partition coefficient (Wildman–Crippen LogP) is 2.62. The van der Waals surface area contributed by atoms with E-state index in [9.17, 15) is 9.18 Å². The summed E-state index contributed by atoms with van der Waals surface area (Å²) in [4.78, 5) is 21.2. The quantitative estimate of drug-likeness (QED) is 0.389. The van der Waals surface area contributed by atoms with Crippen molar-refractivity contribution in [3.05, 3.63) is 77.2 Å². The van der Waals surface area contributed by atoms with Crippen molar-refractivity contribution in [3.63, 3.8) is 0 Å². The van der Waals surface area contributed by atoms with Gasteiger partial charge < -0.3 is 4.40 Å². The fourth-order valence-corrected chi connectivity index (χ4v) is 3.40. The molecule has 0 spiro atoms.